The zero-order chi connectivity index (χ0) is 16.6. The molecule has 0 fully saturated rings. The number of nitriles is 1. The summed E-state index contributed by atoms with van der Waals surface area (Å²) in [5.41, 5.74) is 0. The van der Waals surface area contributed by atoms with Crippen LogP contribution in [0.25, 0.3) is 0 Å². The average molecular weight is 301 g/mol. The van der Waals surface area contributed by atoms with Gasteiger partial charge in [0.05, 0.1) is 6.07 Å². The van der Waals surface area contributed by atoms with Gasteiger partial charge in [-0.3, -0.25) is 14.4 Å². The van der Waals surface area contributed by atoms with Crippen LogP contribution in [0.2, 0.25) is 0 Å². The normalized spacial score (nSPS) is 15.8. The van der Waals surface area contributed by atoms with E-state index in [0.29, 0.717) is 0 Å². The standard InChI is InChI=1S/C13H19NO7/c1-7(19-8(2)15)12(20-9(3)16)13(21-10(4)17)11(6-14)18-5/h7,11-13H,1-5H3/t7-,11+,12-,13-/m1/s1. The number of hydrogen-bond acceptors (Lipinski definition) is 8. The van der Waals surface area contributed by atoms with Crippen LogP contribution in [0.4, 0.5) is 0 Å². The minimum atomic E-state index is -1.23. The van der Waals surface area contributed by atoms with Crippen molar-refractivity contribution in [2.24, 2.45) is 0 Å². The van der Waals surface area contributed by atoms with Crippen molar-refractivity contribution in [3.8, 4) is 6.07 Å². The van der Waals surface area contributed by atoms with Crippen LogP contribution in [-0.2, 0) is 33.3 Å². The van der Waals surface area contributed by atoms with Crippen molar-refractivity contribution in [3.63, 3.8) is 0 Å². The molecule has 21 heavy (non-hydrogen) atoms. The third-order valence-electron chi connectivity index (χ3n) is 2.42. The number of esters is 3. The fourth-order valence-corrected chi connectivity index (χ4v) is 1.70. The van der Waals surface area contributed by atoms with Gasteiger partial charge in [-0.15, -0.1) is 0 Å². The molecule has 0 aliphatic rings. The van der Waals surface area contributed by atoms with E-state index in [2.05, 4.69) is 0 Å². The van der Waals surface area contributed by atoms with Crippen molar-refractivity contribution in [3.05, 3.63) is 0 Å². The lowest BCUT2D eigenvalue weighted by Gasteiger charge is -2.31. The summed E-state index contributed by atoms with van der Waals surface area (Å²) in [6.07, 6.45) is -4.51. The quantitative estimate of drug-likeness (QED) is 0.488. The molecule has 0 radical (unpaired) electrons. The minimum Gasteiger partial charge on any atom is -0.459 e. The molecule has 0 spiro atoms. The Labute approximate surface area is 122 Å². The SMILES string of the molecule is CO[C@@H](C#N)[C@@H](OC(C)=O)[C@H](OC(C)=O)[C@@H](C)OC(C)=O. The Hall–Kier alpha value is -2.14. The van der Waals surface area contributed by atoms with Gasteiger partial charge in [0.25, 0.3) is 0 Å². The minimum absolute atomic E-state index is 0.604. The van der Waals surface area contributed by atoms with Gasteiger partial charge in [0.1, 0.15) is 6.10 Å². The number of methoxy groups -OCH3 is 1. The van der Waals surface area contributed by atoms with Crippen LogP contribution >= 0.6 is 0 Å². The highest BCUT2D eigenvalue weighted by Gasteiger charge is 2.40. The van der Waals surface area contributed by atoms with Crippen molar-refractivity contribution in [1.82, 2.24) is 0 Å². The summed E-state index contributed by atoms with van der Waals surface area (Å²) >= 11 is 0. The molecule has 0 saturated carbocycles. The first-order chi connectivity index (χ1) is 9.72. The molecule has 0 N–H and O–H groups in total. The molecule has 0 heterocycles. The molecule has 0 aromatic rings. The topological polar surface area (TPSA) is 112 Å². The maximum absolute atomic E-state index is 11.2. The molecule has 0 aromatic heterocycles. The average Bonchev–Trinajstić information content (AvgIpc) is 2.34. The van der Waals surface area contributed by atoms with Gasteiger partial charge in [-0.25, -0.2) is 0 Å². The predicted octanol–water partition coefficient (Wildman–Crippen LogP) is 0.340. The highest BCUT2D eigenvalue weighted by atomic mass is 16.6. The largest absolute Gasteiger partial charge is 0.459 e. The number of carbonyl (C=O) groups excluding carboxylic acids is 3. The zero-order valence-electron chi connectivity index (χ0n) is 12.6. The van der Waals surface area contributed by atoms with Crippen LogP contribution in [0.5, 0.6) is 0 Å². The van der Waals surface area contributed by atoms with Crippen LogP contribution in [0.1, 0.15) is 27.7 Å². The zero-order valence-corrected chi connectivity index (χ0v) is 12.6. The van der Waals surface area contributed by atoms with E-state index in [-0.39, 0.29) is 0 Å². The van der Waals surface area contributed by atoms with E-state index in [1.165, 1.54) is 21.0 Å². The van der Waals surface area contributed by atoms with Crippen LogP contribution in [0.15, 0.2) is 0 Å². The van der Waals surface area contributed by atoms with Gasteiger partial charge in [0, 0.05) is 27.9 Å². The molecule has 4 atom stereocenters. The molecule has 0 bridgehead atoms. The van der Waals surface area contributed by atoms with Crippen LogP contribution in [0, 0.1) is 11.3 Å². The second-order valence-corrected chi connectivity index (χ2v) is 4.25. The van der Waals surface area contributed by atoms with E-state index in [4.69, 9.17) is 24.2 Å². The maximum atomic E-state index is 11.2. The summed E-state index contributed by atoms with van der Waals surface area (Å²) in [4.78, 5) is 33.4. The highest BCUT2D eigenvalue weighted by molar-refractivity contribution is 5.68. The summed E-state index contributed by atoms with van der Waals surface area (Å²) in [6.45, 7) is 4.92. The lowest BCUT2D eigenvalue weighted by Crippen LogP contribution is -2.49. The summed E-state index contributed by atoms with van der Waals surface area (Å²) < 4.78 is 19.9. The number of ether oxygens (including phenoxy) is 4. The van der Waals surface area contributed by atoms with E-state index in [1.807, 2.05) is 0 Å². The Bertz CT molecular complexity index is 429. The highest BCUT2D eigenvalue weighted by Crippen LogP contribution is 2.18. The monoisotopic (exact) mass is 301 g/mol. The van der Waals surface area contributed by atoms with E-state index >= 15 is 0 Å². The van der Waals surface area contributed by atoms with Crippen molar-refractivity contribution in [2.45, 2.75) is 52.1 Å². The van der Waals surface area contributed by atoms with E-state index in [9.17, 15) is 14.4 Å². The molecular weight excluding hydrogens is 282 g/mol. The Balaban J connectivity index is 5.43. The molecule has 0 saturated heterocycles. The third-order valence-corrected chi connectivity index (χ3v) is 2.42. The van der Waals surface area contributed by atoms with Gasteiger partial charge in [-0.05, 0) is 6.92 Å². The first-order valence-electron chi connectivity index (χ1n) is 6.17. The van der Waals surface area contributed by atoms with Crippen molar-refractivity contribution < 1.29 is 33.3 Å². The van der Waals surface area contributed by atoms with Gasteiger partial charge in [0.2, 0.25) is 0 Å². The lowest BCUT2D eigenvalue weighted by atomic mass is 10.0. The van der Waals surface area contributed by atoms with Gasteiger partial charge in [0.15, 0.2) is 18.3 Å². The summed E-state index contributed by atoms with van der Waals surface area (Å²) in [5.74, 6) is -1.97. The molecule has 0 aromatic carbocycles. The Kier molecular flexibility index (Phi) is 8.01. The fourth-order valence-electron chi connectivity index (χ4n) is 1.70. The lowest BCUT2D eigenvalue weighted by molar-refractivity contribution is -0.189. The third kappa shape index (κ3) is 6.72. The van der Waals surface area contributed by atoms with Crippen molar-refractivity contribution in [2.75, 3.05) is 7.11 Å². The fraction of sp³-hybridized carbons (Fsp3) is 0.692. The molecular formula is C13H19NO7. The van der Waals surface area contributed by atoms with E-state index < -0.39 is 42.3 Å². The second kappa shape index (κ2) is 8.92. The van der Waals surface area contributed by atoms with E-state index in [1.54, 1.807) is 6.07 Å². The molecule has 0 rings (SSSR count). The number of nitrogens with zero attached hydrogens (tertiary/aromatic N) is 1. The van der Waals surface area contributed by atoms with Crippen LogP contribution in [0.3, 0.4) is 0 Å². The summed E-state index contributed by atoms with van der Waals surface area (Å²) in [7, 11) is 1.24. The summed E-state index contributed by atoms with van der Waals surface area (Å²) in [6, 6.07) is 1.79. The molecule has 0 aliphatic heterocycles. The van der Waals surface area contributed by atoms with Crippen LogP contribution < -0.4 is 0 Å². The number of rotatable bonds is 7. The smallest absolute Gasteiger partial charge is 0.303 e. The Morgan fingerprint density at radius 3 is 1.67 bits per heavy atom. The van der Waals surface area contributed by atoms with Gasteiger partial charge in [-0.2, -0.15) is 5.26 Å². The van der Waals surface area contributed by atoms with Crippen molar-refractivity contribution in [1.29, 1.82) is 5.26 Å². The van der Waals surface area contributed by atoms with Crippen molar-refractivity contribution >= 4 is 17.9 Å². The van der Waals surface area contributed by atoms with Gasteiger partial charge >= 0.3 is 17.9 Å². The van der Waals surface area contributed by atoms with Crippen LogP contribution in [-0.4, -0.2) is 49.4 Å². The second-order valence-electron chi connectivity index (χ2n) is 4.25. The van der Waals surface area contributed by atoms with Gasteiger partial charge < -0.3 is 18.9 Å². The molecule has 0 unspecified atom stereocenters. The molecule has 8 nitrogen and oxygen atoms in total. The van der Waals surface area contributed by atoms with E-state index in [0.717, 1.165) is 13.8 Å². The summed E-state index contributed by atoms with van der Waals surface area (Å²) in [5, 5.41) is 9.04. The Morgan fingerprint density at radius 2 is 1.33 bits per heavy atom. The molecule has 8 heteroatoms. The van der Waals surface area contributed by atoms with Gasteiger partial charge in [-0.1, -0.05) is 0 Å². The molecule has 118 valence electrons. The molecule has 0 aliphatic carbocycles. The first-order valence-corrected chi connectivity index (χ1v) is 6.17. The maximum Gasteiger partial charge on any atom is 0.303 e. The first kappa shape index (κ1) is 18.9. The Morgan fingerprint density at radius 1 is 0.905 bits per heavy atom. The number of carbonyl (C=O) groups is 3. The predicted molar refractivity (Wildman–Crippen MR) is 68.7 cm³/mol. The molecule has 0 amide bonds. The number of hydrogen-bond donors (Lipinski definition) is 0.